The van der Waals surface area contributed by atoms with Gasteiger partial charge in [0.05, 0.1) is 5.69 Å². The summed E-state index contributed by atoms with van der Waals surface area (Å²) < 4.78 is 5.21. The SMILES string of the molecule is Cc1cccnc1CNCc1ccc(OCC#N)cc1. The largest absolute Gasteiger partial charge is 0.479 e. The molecule has 2 aromatic rings. The van der Waals surface area contributed by atoms with E-state index in [9.17, 15) is 0 Å². The fourth-order valence-electron chi connectivity index (χ4n) is 1.85. The lowest BCUT2D eigenvalue weighted by Gasteiger charge is -2.07. The summed E-state index contributed by atoms with van der Waals surface area (Å²) in [7, 11) is 0. The van der Waals surface area contributed by atoms with Gasteiger partial charge in [0.25, 0.3) is 0 Å². The quantitative estimate of drug-likeness (QED) is 0.874. The van der Waals surface area contributed by atoms with Crippen LogP contribution in [0.4, 0.5) is 0 Å². The van der Waals surface area contributed by atoms with E-state index in [2.05, 4.69) is 23.3 Å². The molecule has 20 heavy (non-hydrogen) atoms. The molecule has 1 aromatic carbocycles. The van der Waals surface area contributed by atoms with Gasteiger partial charge in [-0.25, -0.2) is 0 Å². The van der Waals surface area contributed by atoms with Crippen molar-refractivity contribution in [2.45, 2.75) is 20.0 Å². The highest BCUT2D eigenvalue weighted by molar-refractivity contribution is 5.27. The predicted molar refractivity (Wildman–Crippen MR) is 77.1 cm³/mol. The van der Waals surface area contributed by atoms with Gasteiger partial charge in [0.15, 0.2) is 6.61 Å². The normalized spacial score (nSPS) is 10.0. The van der Waals surface area contributed by atoms with E-state index in [1.807, 2.05) is 42.6 Å². The van der Waals surface area contributed by atoms with Crippen LogP contribution in [0.5, 0.6) is 5.75 Å². The molecule has 0 amide bonds. The van der Waals surface area contributed by atoms with Crippen LogP contribution in [0, 0.1) is 18.3 Å². The molecule has 0 saturated heterocycles. The Morgan fingerprint density at radius 1 is 1.20 bits per heavy atom. The van der Waals surface area contributed by atoms with E-state index in [0.29, 0.717) is 0 Å². The third-order valence-corrected chi connectivity index (χ3v) is 2.97. The zero-order valence-corrected chi connectivity index (χ0v) is 11.5. The molecule has 0 unspecified atom stereocenters. The van der Waals surface area contributed by atoms with Crippen molar-refractivity contribution in [3.05, 3.63) is 59.4 Å². The molecule has 1 N–H and O–H groups in total. The molecule has 0 aliphatic heterocycles. The van der Waals surface area contributed by atoms with Crippen LogP contribution in [0.15, 0.2) is 42.6 Å². The van der Waals surface area contributed by atoms with Crippen molar-refractivity contribution < 1.29 is 4.74 Å². The number of aromatic nitrogens is 1. The van der Waals surface area contributed by atoms with Crippen LogP contribution >= 0.6 is 0 Å². The summed E-state index contributed by atoms with van der Waals surface area (Å²) in [4.78, 5) is 4.34. The fourth-order valence-corrected chi connectivity index (χ4v) is 1.85. The number of ether oxygens (including phenoxy) is 1. The van der Waals surface area contributed by atoms with Crippen LogP contribution < -0.4 is 10.1 Å². The van der Waals surface area contributed by atoms with E-state index in [1.54, 1.807) is 0 Å². The second-order valence-corrected chi connectivity index (χ2v) is 4.46. The van der Waals surface area contributed by atoms with Gasteiger partial charge >= 0.3 is 0 Å². The number of aryl methyl sites for hydroxylation is 1. The third-order valence-electron chi connectivity index (χ3n) is 2.97. The number of rotatable bonds is 6. The zero-order valence-electron chi connectivity index (χ0n) is 11.5. The Kier molecular flexibility index (Phi) is 5.10. The minimum absolute atomic E-state index is 0.0799. The second-order valence-electron chi connectivity index (χ2n) is 4.46. The van der Waals surface area contributed by atoms with E-state index in [1.165, 1.54) is 11.1 Å². The van der Waals surface area contributed by atoms with Gasteiger partial charge in [-0.3, -0.25) is 4.98 Å². The molecule has 0 atom stereocenters. The van der Waals surface area contributed by atoms with Crippen molar-refractivity contribution >= 4 is 0 Å². The molecule has 0 radical (unpaired) electrons. The first-order chi connectivity index (χ1) is 9.79. The van der Waals surface area contributed by atoms with Gasteiger partial charge in [0.2, 0.25) is 0 Å². The highest BCUT2D eigenvalue weighted by Crippen LogP contribution is 2.12. The minimum atomic E-state index is 0.0799. The molecule has 0 spiro atoms. The molecule has 0 saturated carbocycles. The topological polar surface area (TPSA) is 57.9 Å². The van der Waals surface area contributed by atoms with Crippen molar-refractivity contribution in [1.82, 2.24) is 10.3 Å². The van der Waals surface area contributed by atoms with Crippen LogP contribution in [0.2, 0.25) is 0 Å². The van der Waals surface area contributed by atoms with Crippen LogP contribution in [0.1, 0.15) is 16.8 Å². The second kappa shape index (κ2) is 7.27. The van der Waals surface area contributed by atoms with Gasteiger partial charge in [-0.1, -0.05) is 18.2 Å². The summed E-state index contributed by atoms with van der Waals surface area (Å²) in [5.41, 5.74) is 3.43. The van der Waals surface area contributed by atoms with E-state index < -0.39 is 0 Å². The maximum absolute atomic E-state index is 8.44. The first-order valence-electron chi connectivity index (χ1n) is 6.49. The van der Waals surface area contributed by atoms with Crippen LogP contribution in [-0.2, 0) is 13.1 Å². The van der Waals surface area contributed by atoms with E-state index >= 15 is 0 Å². The van der Waals surface area contributed by atoms with Gasteiger partial charge in [0.1, 0.15) is 11.8 Å². The first kappa shape index (κ1) is 14.0. The Balaban J connectivity index is 1.82. The maximum atomic E-state index is 8.44. The molecule has 2 rings (SSSR count). The number of pyridine rings is 1. The molecule has 102 valence electrons. The standard InChI is InChI=1S/C16H17N3O/c1-13-3-2-9-19-16(13)12-18-11-14-4-6-15(7-5-14)20-10-8-17/h2-7,9,18H,10-12H2,1H3. The van der Waals surface area contributed by atoms with Crippen molar-refractivity contribution in [2.24, 2.45) is 0 Å². The number of nitrogens with one attached hydrogen (secondary N) is 1. The van der Waals surface area contributed by atoms with Crippen molar-refractivity contribution in [3.8, 4) is 11.8 Å². The molecular formula is C16H17N3O. The number of benzene rings is 1. The van der Waals surface area contributed by atoms with E-state index in [-0.39, 0.29) is 6.61 Å². The van der Waals surface area contributed by atoms with Crippen molar-refractivity contribution in [3.63, 3.8) is 0 Å². The highest BCUT2D eigenvalue weighted by Gasteiger charge is 1.99. The minimum Gasteiger partial charge on any atom is -0.479 e. The Morgan fingerprint density at radius 2 is 2.00 bits per heavy atom. The summed E-state index contributed by atoms with van der Waals surface area (Å²) >= 11 is 0. The summed E-state index contributed by atoms with van der Waals surface area (Å²) in [6, 6.07) is 13.7. The van der Waals surface area contributed by atoms with Gasteiger partial charge in [-0.05, 0) is 36.2 Å². The lowest BCUT2D eigenvalue weighted by Crippen LogP contribution is -2.14. The number of nitrogens with zero attached hydrogens (tertiary/aromatic N) is 2. The molecule has 1 aromatic heterocycles. The predicted octanol–water partition coefficient (Wildman–Crippen LogP) is 2.58. The summed E-state index contributed by atoms with van der Waals surface area (Å²) in [5.74, 6) is 0.718. The maximum Gasteiger partial charge on any atom is 0.174 e. The summed E-state index contributed by atoms with van der Waals surface area (Å²) in [6.07, 6.45) is 1.81. The van der Waals surface area contributed by atoms with Crippen LogP contribution in [0.3, 0.4) is 0 Å². The molecule has 1 heterocycles. The Labute approximate surface area is 119 Å². The third kappa shape index (κ3) is 4.08. The Bertz CT molecular complexity index is 587. The van der Waals surface area contributed by atoms with Crippen molar-refractivity contribution in [2.75, 3.05) is 6.61 Å². The Morgan fingerprint density at radius 3 is 2.70 bits per heavy atom. The first-order valence-corrected chi connectivity index (χ1v) is 6.49. The van der Waals surface area contributed by atoms with Gasteiger partial charge < -0.3 is 10.1 Å². The monoisotopic (exact) mass is 267 g/mol. The van der Waals surface area contributed by atoms with Crippen LogP contribution in [0.25, 0.3) is 0 Å². The van der Waals surface area contributed by atoms with Crippen LogP contribution in [-0.4, -0.2) is 11.6 Å². The lowest BCUT2D eigenvalue weighted by atomic mass is 10.2. The molecule has 0 aliphatic carbocycles. The number of hydrogen-bond donors (Lipinski definition) is 1. The van der Waals surface area contributed by atoms with Crippen molar-refractivity contribution in [1.29, 1.82) is 5.26 Å². The van der Waals surface area contributed by atoms with E-state index in [4.69, 9.17) is 10.00 Å². The molecule has 0 fully saturated rings. The average Bonchev–Trinajstić information content (AvgIpc) is 2.48. The smallest absolute Gasteiger partial charge is 0.174 e. The molecular weight excluding hydrogens is 250 g/mol. The zero-order chi connectivity index (χ0) is 14.2. The highest BCUT2D eigenvalue weighted by atomic mass is 16.5. The summed E-state index contributed by atoms with van der Waals surface area (Å²) in [6.45, 7) is 3.66. The average molecular weight is 267 g/mol. The molecule has 4 nitrogen and oxygen atoms in total. The molecule has 4 heteroatoms. The van der Waals surface area contributed by atoms with E-state index in [0.717, 1.165) is 24.5 Å². The summed E-state index contributed by atoms with van der Waals surface area (Å²) in [5, 5.41) is 11.8. The number of nitriles is 1. The fraction of sp³-hybridized carbons (Fsp3) is 0.250. The van der Waals surface area contributed by atoms with Gasteiger partial charge in [-0.15, -0.1) is 0 Å². The number of hydrogen-bond acceptors (Lipinski definition) is 4. The Hall–Kier alpha value is -2.38. The molecule has 0 bridgehead atoms. The van der Waals surface area contributed by atoms with Gasteiger partial charge in [0, 0.05) is 19.3 Å². The molecule has 0 aliphatic rings. The lowest BCUT2D eigenvalue weighted by molar-refractivity contribution is 0.368. The van der Waals surface area contributed by atoms with Gasteiger partial charge in [-0.2, -0.15) is 5.26 Å².